The van der Waals surface area contributed by atoms with Crippen molar-refractivity contribution in [2.75, 3.05) is 11.9 Å². The monoisotopic (exact) mass is 325 g/mol. The highest BCUT2D eigenvalue weighted by Gasteiger charge is 2.08. The van der Waals surface area contributed by atoms with E-state index < -0.39 is 5.91 Å². The third-order valence-corrected chi connectivity index (χ3v) is 4.05. The largest absolute Gasteiger partial charge is 0.366 e. The maximum absolute atomic E-state index is 11.1. The first kappa shape index (κ1) is 13.0. The number of nitrogens with two attached hydrogens (primary N) is 1. The SMILES string of the molecule is CN(Cc1ccc(Br)s1)c1cc(C(N)=O)ccn1. The lowest BCUT2D eigenvalue weighted by Gasteiger charge is -2.17. The Morgan fingerprint density at radius 3 is 2.89 bits per heavy atom. The van der Waals surface area contributed by atoms with Crippen molar-refractivity contribution in [2.45, 2.75) is 6.54 Å². The van der Waals surface area contributed by atoms with Crippen molar-refractivity contribution in [1.29, 1.82) is 0 Å². The first-order chi connectivity index (χ1) is 8.56. The summed E-state index contributed by atoms with van der Waals surface area (Å²) in [4.78, 5) is 18.5. The van der Waals surface area contributed by atoms with Crippen LogP contribution in [0.3, 0.4) is 0 Å². The maximum atomic E-state index is 11.1. The number of rotatable bonds is 4. The summed E-state index contributed by atoms with van der Waals surface area (Å²) < 4.78 is 1.10. The number of primary amides is 1. The van der Waals surface area contributed by atoms with Gasteiger partial charge in [0, 0.05) is 23.7 Å². The Labute approximate surface area is 118 Å². The van der Waals surface area contributed by atoms with Crippen molar-refractivity contribution in [3.8, 4) is 0 Å². The number of halogens is 1. The zero-order valence-electron chi connectivity index (χ0n) is 9.76. The quantitative estimate of drug-likeness (QED) is 0.940. The van der Waals surface area contributed by atoms with Crippen LogP contribution in [0.15, 0.2) is 34.2 Å². The topological polar surface area (TPSA) is 59.2 Å². The van der Waals surface area contributed by atoms with Gasteiger partial charge < -0.3 is 10.6 Å². The van der Waals surface area contributed by atoms with E-state index in [1.54, 1.807) is 29.7 Å². The van der Waals surface area contributed by atoms with Gasteiger partial charge in [-0.3, -0.25) is 4.79 Å². The Bertz CT molecular complexity index is 570. The molecule has 94 valence electrons. The van der Waals surface area contributed by atoms with Gasteiger partial charge in [-0.15, -0.1) is 11.3 Å². The van der Waals surface area contributed by atoms with Crippen molar-refractivity contribution < 1.29 is 4.79 Å². The molecule has 2 heterocycles. The highest BCUT2D eigenvalue weighted by atomic mass is 79.9. The number of carbonyl (C=O) groups excluding carboxylic acids is 1. The van der Waals surface area contributed by atoms with E-state index in [0.29, 0.717) is 5.56 Å². The molecule has 0 aliphatic carbocycles. The number of amides is 1. The summed E-state index contributed by atoms with van der Waals surface area (Å²) in [5, 5.41) is 0. The van der Waals surface area contributed by atoms with Crippen molar-refractivity contribution in [3.05, 3.63) is 44.7 Å². The number of aromatic nitrogens is 1. The summed E-state index contributed by atoms with van der Waals surface area (Å²) in [7, 11) is 1.93. The van der Waals surface area contributed by atoms with Crippen LogP contribution < -0.4 is 10.6 Å². The van der Waals surface area contributed by atoms with Gasteiger partial charge in [-0.05, 0) is 40.2 Å². The molecule has 6 heteroatoms. The van der Waals surface area contributed by atoms with Crippen LogP contribution >= 0.6 is 27.3 Å². The number of pyridine rings is 1. The molecule has 0 aliphatic rings. The third kappa shape index (κ3) is 3.08. The molecular weight excluding hydrogens is 314 g/mol. The molecule has 2 rings (SSSR count). The van der Waals surface area contributed by atoms with Crippen LogP contribution in [0.2, 0.25) is 0 Å². The molecule has 0 aliphatic heterocycles. The molecule has 2 aromatic heterocycles. The highest BCUT2D eigenvalue weighted by molar-refractivity contribution is 9.11. The van der Waals surface area contributed by atoms with Crippen LogP contribution in [0, 0.1) is 0 Å². The van der Waals surface area contributed by atoms with E-state index in [1.807, 2.05) is 18.0 Å². The number of hydrogen-bond donors (Lipinski definition) is 1. The summed E-state index contributed by atoms with van der Waals surface area (Å²) in [6.45, 7) is 0.742. The van der Waals surface area contributed by atoms with Crippen LogP contribution in [0.4, 0.5) is 5.82 Å². The number of anilines is 1. The highest BCUT2D eigenvalue weighted by Crippen LogP contribution is 2.24. The third-order valence-electron chi connectivity index (χ3n) is 2.44. The molecule has 0 bridgehead atoms. The Morgan fingerprint density at radius 2 is 2.28 bits per heavy atom. The zero-order chi connectivity index (χ0) is 13.1. The lowest BCUT2D eigenvalue weighted by Crippen LogP contribution is -2.18. The first-order valence-corrected chi connectivity index (χ1v) is 6.88. The smallest absolute Gasteiger partial charge is 0.248 e. The molecule has 2 aromatic rings. The van der Waals surface area contributed by atoms with Gasteiger partial charge in [0.05, 0.1) is 10.3 Å². The van der Waals surface area contributed by atoms with E-state index in [9.17, 15) is 4.79 Å². The molecule has 0 atom stereocenters. The minimum atomic E-state index is -0.439. The van der Waals surface area contributed by atoms with Gasteiger partial charge in [0.1, 0.15) is 5.82 Å². The number of nitrogens with zero attached hydrogens (tertiary/aromatic N) is 2. The molecule has 0 unspecified atom stereocenters. The summed E-state index contributed by atoms with van der Waals surface area (Å²) in [5.41, 5.74) is 5.72. The van der Waals surface area contributed by atoms with E-state index in [2.05, 4.69) is 27.0 Å². The molecule has 0 saturated carbocycles. The van der Waals surface area contributed by atoms with E-state index in [0.717, 1.165) is 16.1 Å². The van der Waals surface area contributed by atoms with Crippen molar-refractivity contribution in [1.82, 2.24) is 4.98 Å². The predicted molar refractivity (Wildman–Crippen MR) is 76.9 cm³/mol. The molecular formula is C12H12BrN3OS. The minimum absolute atomic E-state index is 0.439. The van der Waals surface area contributed by atoms with Gasteiger partial charge in [0.15, 0.2) is 0 Å². The second-order valence-electron chi connectivity index (χ2n) is 3.83. The molecule has 4 nitrogen and oxygen atoms in total. The van der Waals surface area contributed by atoms with Crippen LogP contribution in [0.25, 0.3) is 0 Å². The van der Waals surface area contributed by atoms with Crippen molar-refractivity contribution in [2.24, 2.45) is 5.73 Å². The average Bonchev–Trinajstić information content (AvgIpc) is 2.75. The maximum Gasteiger partial charge on any atom is 0.248 e. The molecule has 1 amide bonds. The Morgan fingerprint density at radius 1 is 1.50 bits per heavy atom. The van der Waals surface area contributed by atoms with E-state index >= 15 is 0 Å². The normalized spacial score (nSPS) is 10.3. The summed E-state index contributed by atoms with van der Waals surface area (Å²) in [6.07, 6.45) is 1.59. The molecule has 0 spiro atoms. The minimum Gasteiger partial charge on any atom is -0.366 e. The van der Waals surface area contributed by atoms with Crippen LogP contribution in [0.5, 0.6) is 0 Å². The molecule has 0 fully saturated rings. The van der Waals surface area contributed by atoms with Crippen molar-refractivity contribution >= 4 is 39.0 Å². The molecule has 0 radical (unpaired) electrons. The van der Waals surface area contributed by atoms with Gasteiger partial charge in [-0.1, -0.05) is 0 Å². The lowest BCUT2D eigenvalue weighted by atomic mass is 10.2. The van der Waals surface area contributed by atoms with E-state index in [4.69, 9.17) is 5.73 Å². The molecule has 18 heavy (non-hydrogen) atoms. The average molecular weight is 326 g/mol. The Hall–Kier alpha value is -1.40. The fourth-order valence-electron chi connectivity index (χ4n) is 1.53. The predicted octanol–water partition coefficient (Wildman–Crippen LogP) is 2.64. The molecule has 0 aromatic carbocycles. The van der Waals surface area contributed by atoms with Gasteiger partial charge in [-0.25, -0.2) is 4.98 Å². The Balaban J connectivity index is 2.15. The van der Waals surface area contributed by atoms with Crippen LogP contribution in [-0.2, 0) is 6.54 Å². The molecule has 2 N–H and O–H groups in total. The number of thiophene rings is 1. The number of hydrogen-bond acceptors (Lipinski definition) is 4. The summed E-state index contributed by atoms with van der Waals surface area (Å²) in [6, 6.07) is 7.39. The second-order valence-corrected chi connectivity index (χ2v) is 6.38. The van der Waals surface area contributed by atoms with Gasteiger partial charge in [-0.2, -0.15) is 0 Å². The van der Waals surface area contributed by atoms with Crippen molar-refractivity contribution in [3.63, 3.8) is 0 Å². The van der Waals surface area contributed by atoms with Crippen LogP contribution in [-0.4, -0.2) is 17.9 Å². The summed E-state index contributed by atoms with van der Waals surface area (Å²) >= 11 is 5.11. The number of carbonyl (C=O) groups is 1. The first-order valence-electron chi connectivity index (χ1n) is 5.27. The fourth-order valence-corrected chi connectivity index (χ4v) is 3.07. The van der Waals surface area contributed by atoms with Gasteiger partial charge in [0.2, 0.25) is 5.91 Å². The van der Waals surface area contributed by atoms with Gasteiger partial charge in [0.25, 0.3) is 0 Å². The lowest BCUT2D eigenvalue weighted by molar-refractivity contribution is 0.1000. The van der Waals surface area contributed by atoms with Gasteiger partial charge >= 0.3 is 0 Å². The zero-order valence-corrected chi connectivity index (χ0v) is 12.2. The van der Waals surface area contributed by atoms with E-state index in [-0.39, 0.29) is 0 Å². The Kier molecular flexibility index (Phi) is 3.98. The van der Waals surface area contributed by atoms with Crippen LogP contribution in [0.1, 0.15) is 15.2 Å². The second kappa shape index (κ2) is 5.49. The molecule has 0 saturated heterocycles. The fraction of sp³-hybridized carbons (Fsp3) is 0.167. The summed E-state index contributed by atoms with van der Waals surface area (Å²) in [5.74, 6) is 0.293. The standard InChI is InChI=1S/C12H12BrN3OS/c1-16(7-9-2-3-10(13)18-9)11-6-8(12(14)17)4-5-15-11/h2-6H,7H2,1H3,(H2,14,17). The van der Waals surface area contributed by atoms with E-state index in [1.165, 1.54) is 4.88 Å².